The molecule has 8 heteroatoms. The van der Waals surface area contributed by atoms with E-state index < -0.39 is 5.97 Å². The normalized spacial score (nSPS) is 10.0. The molecule has 3 aromatic rings. The molecule has 0 radical (unpaired) electrons. The van der Waals surface area contributed by atoms with Crippen molar-refractivity contribution in [3.05, 3.63) is 59.9 Å². The van der Waals surface area contributed by atoms with E-state index in [9.17, 15) is 9.90 Å². The lowest BCUT2D eigenvalue weighted by atomic mass is 10.1. The maximum Gasteiger partial charge on any atom is 0.345 e. The molecule has 0 aliphatic carbocycles. The summed E-state index contributed by atoms with van der Waals surface area (Å²) in [5, 5.41) is 18.4. The molecule has 3 rings (SSSR count). The van der Waals surface area contributed by atoms with E-state index in [1.54, 1.807) is 42.6 Å². The first-order valence-corrected chi connectivity index (χ1v) is 7.07. The minimum atomic E-state index is -1.31. The second kappa shape index (κ2) is 6.64. The predicted molar refractivity (Wildman–Crippen MR) is 87.9 cm³/mol. The molecule has 0 bridgehead atoms. The van der Waals surface area contributed by atoms with Gasteiger partial charge in [-0.05, 0) is 24.3 Å². The molecule has 0 amide bonds. The van der Waals surface area contributed by atoms with Crippen LogP contribution in [0.5, 0.6) is 11.6 Å². The van der Waals surface area contributed by atoms with Crippen molar-refractivity contribution in [2.75, 3.05) is 5.73 Å². The maximum absolute atomic E-state index is 11.5. The van der Waals surface area contributed by atoms with E-state index >= 15 is 0 Å². The zero-order valence-electron chi connectivity index (χ0n) is 12.7. The van der Waals surface area contributed by atoms with Crippen molar-refractivity contribution >= 4 is 11.8 Å². The largest absolute Gasteiger partial charge is 0.477 e. The Morgan fingerprint density at radius 3 is 2.76 bits per heavy atom. The van der Waals surface area contributed by atoms with Crippen molar-refractivity contribution in [2.45, 2.75) is 0 Å². The molecular formula is C17H11N5O3. The van der Waals surface area contributed by atoms with E-state index in [2.05, 4.69) is 15.0 Å². The van der Waals surface area contributed by atoms with Gasteiger partial charge in [0.1, 0.15) is 11.6 Å². The summed E-state index contributed by atoms with van der Waals surface area (Å²) in [6, 6.07) is 11.8. The van der Waals surface area contributed by atoms with Gasteiger partial charge < -0.3 is 15.6 Å². The van der Waals surface area contributed by atoms with Crippen LogP contribution < -0.4 is 10.5 Å². The fourth-order valence-corrected chi connectivity index (χ4v) is 2.11. The van der Waals surface area contributed by atoms with Gasteiger partial charge in [-0.3, -0.25) is 4.98 Å². The third-order valence-corrected chi connectivity index (χ3v) is 3.22. The Morgan fingerprint density at radius 2 is 2.08 bits per heavy atom. The SMILES string of the molecule is N#Cc1cccc(-c2nc(N)c(C(=O)O)c(Oc3cccnc3)n2)c1. The fourth-order valence-electron chi connectivity index (χ4n) is 2.11. The van der Waals surface area contributed by atoms with Gasteiger partial charge in [0.15, 0.2) is 11.4 Å². The average molecular weight is 333 g/mol. The molecule has 0 unspecified atom stereocenters. The van der Waals surface area contributed by atoms with Crippen molar-refractivity contribution in [3.8, 4) is 29.1 Å². The number of carboxylic acids is 1. The molecule has 0 atom stereocenters. The zero-order valence-corrected chi connectivity index (χ0v) is 12.7. The van der Waals surface area contributed by atoms with Crippen molar-refractivity contribution in [1.82, 2.24) is 15.0 Å². The lowest BCUT2D eigenvalue weighted by molar-refractivity contribution is 0.0694. The summed E-state index contributed by atoms with van der Waals surface area (Å²) in [6.45, 7) is 0. The summed E-state index contributed by atoms with van der Waals surface area (Å²) in [4.78, 5) is 23.6. The van der Waals surface area contributed by atoms with Gasteiger partial charge in [-0.2, -0.15) is 10.2 Å². The molecule has 122 valence electrons. The monoisotopic (exact) mass is 333 g/mol. The number of anilines is 1. The van der Waals surface area contributed by atoms with Gasteiger partial charge in [0.25, 0.3) is 0 Å². The Balaban J connectivity index is 2.13. The van der Waals surface area contributed by atoms with Crippen LogP contribution in [0.3, 0.4) is 0 Å². The van der Waals surface area contributed by atoms with E-state index in [0.29, 0.717) is 16.9 Å². The van der Waals surface area contributed by atoms with Crippen LogP contribution in [0, 0.1) is 11.3 Å². The number of nitrogens with zero attached hydrogens (tertiary/aromatic N) is 4. The van der Waals surface area contributed by atoms with Crippen LogP contribution in [0.4, 0.5) is 5.82 Å². The third kappa shape index (κ3) is 3.35. The Kier molecular flexibility index (Phi) is 4.22. The zero-order chi connectivity index (χ0) is 17.8. The van der Waals surface area contributed by atoms with E-state index in [-0.39, 0.29) is 23.1 Å². The molecule has 2 heterocycles. The van der Waals surface area contributed by atoms with Crippen LogP contribution >= 0.6 is 0 Å². The summed E-state index contributed by atoms with van der Waals surface area (Å²) in [5.74, 6) is -1.30. The molecule has 0 saturated carbocycles. The summed E-state index contributed by atoms with van der Waals surface area (Å²) < 4.78 is 5.53. The van der Waals surface area contributed by atoms with Crippen LogP contribution in [0.2, 0.25) is 0 Å². The molecule has 0 saturated heterocycles. The number of nitriles is 1. The van der Waals surface area contributed by atoms with E-state index in [0.717, 1.165) is 0 Å². The lowest BCUT2D eigenvalue weighted by Crippen LogP contribution is -2.10. The first kappa shape index (κ1) is 15.9. The van der Waals surface area contributed by atoms with Gasteiger partial charge in [-0.15, -0.1) is 0 Å². The highest BCUT2D eigenvalue weighted by Crippen LogP contribution is 2.29. The molecule has 1 aromatic carbocycles. The smallest absolute Gasteiger partial charge is 0.345 e. The highest BCUT2D eigenvalue weighted by Gasteiger charge is 2.21. The quantitative estimate of drug-likeness (QED) is 0.743. The lowest BCUT2D eigenvalue weighted by Gasteiger charge is -2.11. The summed E-state index contributed by atoms with van der Waals surface area (Å²) >= 11 is 0. The molecule has 2 aromatic heterocycles. The van der Waals surface area contributed by atoms with Crippen molar-refractivity contribution in [1.29, 1.82) is 5.26 Å². The molecule has 0 spiro atoms. The number of rotatable bonds is 4. The van der Waals surface area contributed by atoms with Gasteiger partial charge in [-0.1, -0.05) is 12.1 Å². The van der Waals surface area contributed by atoms with Gasteiger partial charge in [-0.25, -0.2) is 9.78 Å². The standard InChI is InChI=1S/C17H11N5O3/c18-8-10-3-1-4-11(7-10)15-21-14(19)13(17(23)24)16(22-15)25-12-5-2-6-20-9-12/h1-7,9H,(H,23,24)(H2,19,21,22). The number of nitrogen functional groups attached to an aromatic ring is 1. The highest BCUT2D eigenvalue weighted by molar-refractivity contribution is 5.95. The van der Waals surface area contributed by atoms with Gasteiger partial charge >= 0.3 is 5.97 Å². The molecule has 25 heavy (non-hydrogen) atoms. The Morgan fingerprint density at radius 1 is 1.24 bits per heavy atom. The number of aromatic nitrogens is 3. The molecule has 3 N–H and O–H groups in total. The first-order valence-electron chi connectivity index (χ1n) is 7.07. The second-order valence-electron chi connectivity index (χ2n) is 4.90. The van der Waals surface area contributed by atoms with Crippen LogP contribution in [-0.4, -0.2) is 26.0 Å². The van der Waals surface area contributed by atoms with Crippen LogP contribution in [0.15, 0.2) is 48.8 Å². The topological polar surface area (TPSA) is 135 Å². The molecule has 0 aliphatic rings. The summed E-state index contributed by atoms with van der Waals surface area (Å²) in [7, 11) is 0. The van der Waals surface area contributed by atoms with Crippen LogP contribution in [-0.2, 0) is 0 Å². The average Bonchev–Trinajstić information content (AvgIpc) is 2.62. The number of nitrogens with two attached hydrogens (primary N) is 1. The Labute approximate surface area is 142 Å². The van der Waals surface area contributed by atoms with Gasteiger partial charge in [0, 0.05) is 11.8 Å². The van der Waals surface area contributed by atoms with Crippen molar-refractivity contribution in [2.24, 2.45) is 0 Å². The molecular weight excluding hydrogens is 322 g/mol. The third-order valence-electron chi connectivity index (χ3n) is 3.22. The number of aromatic carboxylic acids is 1. The van der Waals surface area contributed by atoms with Crippen LogP contribution in [0.25, 0.3) is 11.4 Å². The Hall–Kier alpha value is -3.99. The number of ether oxygens (including phenoxy) is 1. The number of carbonyl (C=O) groups is 1. The number of hydrogen-bond acceptors (Lipinski definition) is 7. The molecule has 8 nitrogen and oxygen atoms in total. The number of carboxylic acid groups (broad SMARTS) is 1. The minimum absolute atomic E-state index is 0.151. The van der Waals surface area contributed by atoms with Gasteiger partial charge in [0.05, 0.1) is 17.8 Å². The molecule has 0 fully saturated rings. The number of pyridine rings is 1. The molecule has 0 aliphatic heterocycles. The number of benzene rings is 1. The number of hydrogen-bond donors (Lipinski definition) is 2. The first-order chi connectivity index (χ1) is 12.1. The minimum Gasteiger partial charge on any atom is -0.477 e. The fraction of sp³-hybridized carbons (Fsp3) is 0. The van der Waals surface area contributed by atoms with Crippen LogP contribution in [0.1, 0.15) is 15.9 Å². The second-order valence-corrected chi connectivity index (χ2v) is 4.90. The predicted octanol–water partition coefficient (Wildman–Crippen LogP) is 2.48. The van der Waals surface area contributed by atoms with Crippen molar-refractivity contribution < 1.29 is 14.6 Å². The maximum atomic E-state index is 11.5. The van der Waals surface area contributed by atoms with E-state index in [4.69, 9.17) is 15.7 Å². The summed E-state index contributed by atoms with van der Waals surface area (Å²) in [5.41, 5.74) is 6.37. The highest BCUT2D eigenvalue weighted by atomic mass is 16.5. The van der Waals surface area contributed by atoms with Gasteiger partial charge in [0.2, 0.25) is 5.88 Å². The van der Waals surface area contributed by atoms with E-state index in [1.165, 1.54) is 6.20 Å². The summed E-state index contributed by atoms with van der Waals surface area (Å²) in [6.07, 6.45) is 2.97. The Bertz CT molecular complexity index is 983. The van der Waals surface area contributed by atoms with Crippen molar-refractivity contribution in [3.63, 3.8) is 0 Å². The van der Waals surface area contributed by atoms with E-state index in [1.807, 2.05) is 6.07 Å².